The molecule has 0 atom stereocenters. The summed E-state index contributed by atoms with van der Waals surface area (Å²) in [5, 5.41) is 0. The lowest BCUT2D eigenvalue weighted by Gasteiger charge is -2.26. The first-order chi connectivity index (χ1) is 13.3. The van der Waals surface area contributed by atoms with Crippen LogP contribution < -0.4 is 9.84 Å². The van der Waals surface area contributed by atoms with Gasteiger partial charge in [0.05, 0.1) is 10.6 Å². The zero-order valence-electron chi connectivity index (χ0n) is 16.0. The van der Waals surface area contributed by atoms with Crippen LogP contribution in [0, 0.1) is 20.8 Å². The Bertz CT molecular complexity index is 1100. The number of amides is 1. The van der Waals surface area contributed by atoms with Crippen LogP contribution in [-0.2, 0) is 10.0 Å². The molecule has 28 heavy (non-hydrogen) atoms. The van der Waals surface area contributed by atoms with Gasteiger partial charge < -0.3 is 0 Å². The first-order valence-electron chi connectivity index (χ1n) is 8.85. The lowest BCUT2D eigenvalue weighted by molar-refractivity contribution is 0.0955. The molecule has 3 aromatic carbocycles. The molecule has 1 N–H and O–H groups in total. The van der Waals surface area contributed by atoms with Crippen molar-refractivity contribution in [3.63, 3.8) is 0 Å². The lowest BCUT2D eigenvalue weighted by Crippen LogP contribution is -2.46. The average molecular weight is 394 g/mol. The quantitative estimate of drug-likeness (QED) is 0.661. The van der Waals surface area contributed by atoms with Crippen molar-refractivity contribution in [3.05, 3.63) is 95.1 Å². The molecule has 5 nitrogen and oxygen atoms in total. The van der Waals surface area contributed by atoms with E-state index in [4.69, 9.17) is 0 Å². The average Bonchev–Trinajstić information content (AvgIpc) is 2.69. The molecule has 0 fully saturated rings. The molecule has 0 aliphatic rings. The Morgan fingerprint density at radius 1 is 0.786 bits per heavy atom. The molecule has 0 heterocycles. The van der Waals surface area contributed by atoms with Crippen molar-refractivity contribution in [2.24, 2.45) is 0 Å². The van der Waals surface area contributed by atoms with Crippen molar-refractivity contribution in [3.8, 4) is 0 Å². The van der Waals surface area contributed by atoms with Crippen molar-refractivity contribution in [1.29, 1.82) is 0 Å². The molecule has 0 spiro atoms. The third-order valence-electron chi connectivity index (χ3n) is 4.54. The standard InChI is InChI=1S/C22H22N2O3S/c1-16-14-18(3)21(15-17(16)2)28(26,27)24(20-12-8-5-9-13-20)23-22(25)19-10-6-4-7-11-19/h4-15H,1-3H3,(H,23,25). The van der Waals surface area contributed by atoms with Crippen molar-refractivity contribution in [2.45, 2.75) is 25.7 Å². The fourth-order valence-electron chi connectivity index (χ4n) is 2.88. The summed E-state index contributed by atoms with van der Waals surface area (Å²) in [4.78, 5) is 12.9. The van der Waals surface area contributed by atoms with E-state index in [1.807, 2.05) is 19.9 Å². The smallest absolute Gasteiger partial charge is 0.267 e. The van der Waals surface area contributed by atoms with Crippen LogP contribution in [0.25, 0.3) is 0 Å². The van der Waals surface area contributed by atoms with Crippen molar-refractivity contribution >= 4 is 21.6 Å². The summed E-state index contributed by atoms with van der Waals surface area (Å²) in [7, 11) is -4.03. The Labute approximate surface area is 165 Å². The van der Waals surface area contributed by atoms with E-state index in [0.29, 0.717) is 16.8 Å². The molecule has 0 saturated carbocycles. The number of sulfonamides is 1. The zero-order valence-corrected chi connectivity index (χ0v) is 16.8. The summed E-state index contributed by atoms with van der Waals surface area (Å²) >= 11 is 0. The number of hydrogen-bond acceptors (Lipinski definition) is 3. The topological polar surface area (TPSA) is 66.5 Å². The largest absolute Gasteiger partial charge is 0.282 e. The minimum atomic E-state index is -4.03. The molecule has 0 radical (unpaired) electrons. The molecular formula is C22H22N2O3S. The Morgan fingerprint density at radius 2 is 1.32 bits per heavy atom. The van der Waals surface area contributed by atoms with Crippen LogP contribution in [-0.4, -0.2) is 14.3 Å². The Kier molecular flexibility index (Phi) is 5.51. The van der Waals surface area contributed by atoms with Gasteiger partial charge in [-0.25, -0.2) is 5.43 Å². The number of carbonyl (C=O) groups excluding carboxylic acids is 1. The summed E-state index contributed by atoms with van der Waals surface area (Å²) in [6.45, 7) is 5.55. The van der Waals surface area contributed by atoms with E-state index in [0.717, 1.165) is 15.5 Å². The molecule has 1 amide bonds. The van der Waals surface area contributed by atoms with Gasteiger partial charge in [0.1, 0.15) is 0 Å². The van der Waals surface area contributed by atoms with Gasteiger partial charge in [-0.3, -0.25) is 4.79 Å². The fraction of sp³-hybridized carbons (Fsp3) is 0.136. The maximum Gasteiger partial charge on any atom is 0.282 e. The van der Waals surface area contributed by atoms with Crippen LogP contribution in [0.4, 0.5) is 5.69 Å². The van der Waals surface area contributed by atoms with Gasteiger partial charge in [-0.2, -0.15) is 12.8 Å². The van der Waals surface area contributed by atoms with E-state index in [9.17, 15) is 13.2 Å². The van der Waals surface area contributed by atoms with Crippen LogP contribution in [0.2, 0.25) is 0 Å². The summed E-state index contributed by atoms with van der Waals surface area (Å²) in [6, 6.07) is 20.5. The Balaban J connectivity index is 2.09. The van der Waals surface area contributed by atoms with E-state index in [-0.39, 0.29) is 4.90 Å². The first-order valence-corrected chi connectivity index (χ1v) is 10.3. The van der Waals surface area contributed by atoms with Gasteiger partial charge in [0, 0.05) is 5.56 Å². The molecule has 3 rings (SSSR count). The van der Waals surface area contributed by atoms with Gasteiger partial charge in [-0.15, -0.1) is 0 Å². The highest BCUT2D eigenvalue weighted by Gasteiger charge is 2.29. The number of carbonyl (C=O) groups is 1. The van der Waals surface area contributed by atoms with Gasteiger partial charge in [0.25, 0.3) is 15.9 Å². The van der Waals surface area contributed by atoms with Gasteiger partial charge in [0.15, 0.2) is 0 Å². The van der Waals surface area contributed by atoms with Crippen LogP contribution in [0.3, 0.4) is 0 Å². The molecular weight excluding hydrogens is 372 g/mol. The second-order valence-corrected chi connectivity index (χ2v) is 8.37. The van der Waals surface area contributed by atoms with Gasteiger partial charge >= 0.3 is 0 Å². The summed E-state index contributed by atoms with van der Waals surface area (Å²) < 4.78 is 27.9. The number of hydrazine groups is 1. The maximum absolute atomic E-state index is 13.5. The van der Waals surface area contributed by atoms with Crippen LogP contribution in [0.1, 0.15) is 27.0 Å². The molecule has 144 valence electrons. The molecule has 0 unspecified atom stereocenters. The zero-order chi connectivity index (χ0) is 20.3. The Hall–Kier alpha value is -3.12. The van der Waals surface area contributed by atoms with Crippen LogP contribution in [0.15, 0.2) is 77.7 Å². The number of nitrogens with one attached hydrogen (secondary N) is 1. The molecule has 0 saturated heterocycles. The molecule has 0 aliphatic carbocycles. The molecule has 0 bridgehead atoms. The predicted molar refractivity (Wildman–Crippen MR) is 111 cm³/mol. The maximum atomic E-state index is 13.5. The second kappa shape index (κ2) is 7.86. The highest BCUT2D eigenvalue weighted by atomic mass is 32.2. The van der Waals surface area contributed by atoms with Crippen LogP contribution in [0.5, 0.6) is 0 Å². The Morgan fingerprint density at radius 3 is 1.93 bits per heavy atom. The van der Waals surface area contributed by atoms with E-state index in [2.05, 4.69) is 5.43 Å². The van der Waals surface area contributed by atoms with E-state index < -0.39 is 15.9 Å². The van der Waals surface area contributed by atoms with E-state index in [1.54, 1.807) is 73.7 Å². The van der Waals surface area contributed by atoms with Crippen molar-refractivity contribution in [2.75, 3.05) is 4.41 Å². The summed E-state index contributed by atoms with van der Waals surface area (Å²) in [5.41, 5.74) is 5.78. The lowest BCUT2D eigenvalue weighted by atomic mass is 10.1. The highest BCUT2D eigenvalue weighted by Crippen LogP contribution is 2.26. The number of rotatable bonds is 5. The number of nitrogens with zero attached hydrogens (tertiary/aromatic N) is 1. The summed E-state index contributed by atoms with van der Waals surface area (Å²) in [6.07, 6.45) is 0. The van der Waals surface area contributed by atoms with Gasteiger partial charge in [-0.1, -0.05) is 42.5 Å². The number of aryl methyl sites for hydroxylation is 3. The number of anilines is 1. The second-order valence-electron chi connectivity index (χ2n) is 6.61. The molecule has 3 aromatic rings. The normalized spacial score (nSPS) is 11.1. The van der Waals surface area contributed by atoms with Crippen molar-refractivity contribution < 1.29 is 13.2 Å². The number of para-hydroxylation sites is 1. The predicted octanol–water partition coefficient (Wildman–Crippen LogP) is 4.15. The molecule has 0 aromatic heterocycles. The minimum absolute atomic E-state index is 0.160. The van der Waals surface area contributed by atoms with E-state index in [1.165, 1.54) is 0 Å². The first kappa shape index (κ1) is 19.6. The third-order valence-corrected chi connectivity index (χ3v) is 6.32. The minimum Gasteiger partial charge on any atom is -0.267 e. The highest BCUT2D eigenvalue weighted by molar-refractivity contribution is 7.92. The SMILES string of the molecule is Cc1cc(C)c(S(=O)(=O)N(NC(=O)c2ccccc2)c2ccccc2)cc1C. The molecule has 6 heteroatoms. The van der Waals surface area contributed by atoms with Gasteiger partial charge in [0.2, 0.25) is 0 Å². The van der Waals surface area contributed by atoms with E-state index >= 15 is 0 Å². The monoisotopic (exact) mass is 394 g/mol. The molecule has 0 aliphatic heterocycles. The third kappa shape index (κ3) is 3.92. The number of hydrogen-bond donors (Lipinski definition) is 1. The van der Waals surface area contributed by atoms with Gasteiger partial charge in [-0.05, 0) is 67.8 Å². The number of benzene rings is 3. The van der Waals surface area contributed by atoms with Crippen molar-refractivity contribution in [1.82, 2.24) is 5.43 Å². The summed E-state index contributed by atoms with van der Waals surface area (Å²) in [5.74, 6) is -0.505. The van der Waals surface area contributed by atoms with Crippen LogP contribution >= 0.6 is 0 Å². The fourth-order valence-corrected chi connectivity index (χ4v) is 4.47.